The van der Waals surface area contributed by atoms with E-state index < -0.39 is 5.73 Å². The minimum Gasteiger partial charge on any atom is -0.0927 e. The fourth-order valence-corrected chi connectivity index (χ4v) is 11.7. The molecular weight excluding hydrogens is 190 g/mol. The molecular formula is C8H20P2S. The fourth-order valence-electron chi connectivity index (χ4n) is 1.36. The lowest BCUT2D eigenvalue weighted by Crippen LogP contribution is -1.91. The van der Waals surface area contributed by atoms with E-state index in [1.807, 2.05) is 0 Å². The minimum absolute atomic E-state index is 0.224. The summed E-state index contributed by atoms with van der Waals surface area (Å²) in [4.78, 5) is 0. The van der Waals surface area contributed by atoms with Crippen LogP contribution >= 0.6 is 13.3 Å². The van der Waals surface area contributed by atoms with Crippen LogP contribution in [0, 0.1) is 0 Å². The van der Waals surface area contributed by atoms with Gasteiger partial charge in [-0.25, -0.2) is 0 Å². The van der Waals surface area contributed by atoms with E-state index in [1.54, 1.807) is 0 Å². The van der Waals surface area contributed by atoms with Crippen molar-refractivity contribution >= 4 is 25.1 Å². The SMILES string of the molecule is CCP(CC)P(=S)(CC)CC. The van der Waals surface area contributed by atoms with Gasteiger partial charge in [0.05, 0.1) is 0 Å². The van der Waals surface area contributed by atoms with Gasteiger partial charge in [-0.2, -0.15) is 0 Å². The van der Waals surface area contributed by atoms with Crippen molar-refractivity contribution in [2.45, 2.75) is 27.7 Å². The van der Waals surface area contributed by atoms with E-state index in [4.69, 9.17) is 11.8 Å². The van der Waals surface area contributed by atoms with Crippen molar-refractivity contribution in [2.75, 3.05) is 24.6 Å². The second-order valence-corrected chi connectivity index (χ2v) is 14.8. The van der Waals surface area contributed by atoms with Crippen molar-refractivity contribution in [3.05, 3.63) is 0 Å². The van der Waals surface area contributed by atoms with Gasteiger partial charge in [0.15, 0.2) is 0 Å². The van der Waals surface area contributed by atoms with E-state index in [0.29, 0.717) is 0 Å². The van der Waals surface area contributed by atoms with Crippen LogP contribution in [0.1, 0.15) is 27.7 Å². The number of rotatable bonds is 5. The Hall–Kier alpha value is 1.08. The second kappa shape index (κ2) is 5.68. The predicted octanol–water partition coefficient (Wildman–Crippen LogP) is 3.94. The Labute approximate surface area is 77.8 Å². The van der Waals surface area contributed by atoms with E-state index in [9.17, 15) is 0 Å². The molecule has 0 rings (SSSR count). The molecule has 0 spiro atoms. The average molecular weight is 210 g/mol. The monoisotopic (exact) mass is 210 g/mol. The van der Waals surface area contributed by atoms with Gasteiger partial charge >= 0.3 is 0 Å². The van der Waals surface area contributed by atoms with Gasteiger partial charge in [-0.15, -0.1) is 0 Å². The molecule has 0 bridgehead atoms. The van der Waals surface area contributed by atoms with Crippen LogP contribution in [0.25, 0.3) is 0 Å². The van der Waals surface area contributed by atoms with Crippen LogP contribution in [0.3, 0.4) is 0 Å². The van der Waals surface area contributed by atoms with E-state index >= 15 is 0 Å². The zero-order valence-electron chi connectivity index (χ0n) is 8.13. The fraction of sp³-hybridized carbons (Fsp3) is 1.00. The third kappa shape index (κ3) is 3.13. The van der Waals surface area contributed by atoms with Crippen LogP contribution in [0.15, 0.2) is 0 Å². The lowest BCUT2D eigenvalue weighted by molar-refractivity contribution is 1.40. The molecule has 0 aliphatic heterocycles. The maximum absolute atomic E-state index is 5.76. The molecule has 0 saturated carbocycles. The Balaban J connectivity index is 4.32. The highest BCUT2D eigenvalue weighted by Crippen LogP contribution is 2.74. The largest absolute Gasteiger partial charge is 0.0927 e. The van der Waals surface area contributed by atoms with Crippen molar-refractivity contribution in [1.29, 1.82) is 0 Å². The molecule has 0 unspecified atom stereocenters. The third-order valence-electron chi connectivity index (χ3n) is 2.23. The van der Waals surface area contributed by atoms with Crippen molar-refractivity contribution in [3.8, 4) is 0 Å². The van der Waals surface area contributed by atoms with Crippen LogP contribution < -0.4 is 0 Å². The summed E-state index contributed by atoms with van der Waals surface area (Å²) >= 11 is 5.76. The van der Waals surface area contributed by atoms with Crippen LogP contribution in [0.5, 0.6) is 0 Å². The molecule has 0 radical (unpaired) electrons. The van der Waals surface area contributed by atoms with Gasteiger partial charge in [0.2, 0.25) is 0 Å². The molecule has 0 aliphatic rings. The average Bonchev–Trinajstić information content (AvgIpc) is 2.06. The highest BCUT2D eigenvalue weighted by Gasteiger charge is 2.20. The van der Waals surface area contributed by atoms with E-state index in [0.717, 1.165) is 0 Å². The molecule has 0 aromatic carbocycles. The second-order valence-electron chi connectivity index (χ2n) is 2.62. The normalized spacial score (nSPS) is 12.5. The Kier molecular flexibility index (Phi) is 6.24. The van der Waals surface area contributed by atoms with Gasteiger partial charge in [-0.3, -0.25) is 0 Å². The molecule has 0 heterocycles. The standard InChI is InChI=1S/C8H20P2S/c1-5-9(6-2)10(11,7-3)8-4/h5-8H2,1-4H3. The Morgan fingerprint density at radius 2 is 1.36 bits per heavy atom. The zero-order valence-corrected chi connectivity index (χ0v) is 10.7. The first kappa shape index (κ1) is 12.1. The van der Waals surface area contributed by atoms with Crippen LogP contribution in [-0.2, 0) is 11.8 Å². The van der Waals surface area contributed by atoms with Crippen molar-refractivity contribution in [3.63, 3.8) is 0 Å². The Morgan fingerprint density at radius 1 is 1.00 bits per heavy atom. The topological polar surface area (TPSA) is 0 Å². The first-order valence-corrected chi connectivity index (χ1v) is 10.1. The highest BCUT2D eigenvalue weighted by molar-refractivity contribution is 8.52. The van der Waals surface area contributed by atoms with Gasteiger partial charge < -0.3 is 0 Å². The van der Waals surface area contributed by atoms with E-state index in [-0.39, 0.29) is 7.61 Å². The van der Waals surface area contributed by atoms with Crippen LogP contribution in [-0.4, -0.2) is 24.6 Å². The van der Waals surface area contributed by atoms with Crippen LogP contribution in [0.2, 0.25) is 0 Å². The van der Waals surface area contributed by atoms with Crippen molar-refractivity contribution in [2.24, 2.45) is 0 Å². The molecule has 0 saturated heterocycles. The molecule has 0 N–H and O–H groups in total. The van der Waals surface area contributed by atoms with Gasteiger partial charge in [-0.05, 0) is 30.4 Å². The lowest BCUT2D eigenvalue weighted by Gasteiger charge is -2.28. The summed E-state index contributed by atoms with van der Waals surface area (Å²) in [6.07, 6.45) is 5.27. The molecule has 68 valence electrons. The molecule has 0 aliphatic carbocycles. The van der Waals surface area contributed by atoms with Gasteiger partial charge in [0.1, 0.15) is 0 Å². The highest BCUT2D eigenvalue weighted by atomic mass is 32.6. The van der Waals surface area contributed by atoms with Crippen molar-refractivity contribution < 1.29 is 0 Å². The zero-order chi connectivity index (χ0) is 8.91. The quantitative estimate of drug-likeness (QED) is 0.619. The van der Waals surface area contributed by atoms with Crippen LogP contribution in [0.4, 0.5) is 0 Å². The molecule has 0 fully saturated rings. The minimum atomic E-state index is -0.893. The lowest BCUT2D eigenvalue weighted by atomic mass is 11.0. The maximum Gasteiger partial charge on any atom is -0.0227 e. The first-order chi connectivity index (χ1) is 5.14. The predicted molar refractivity (Wildman–Crippen MR) is 63.4 cm³/mol. The van der Waals surface area contributed by atoms with E-state index in [1.165, 1.54) is 24.6 Å². The summed E-state index contributed by atoms with van der Waals surface area (Å²) in [5.41, 5.74) is -0.893. The summed E-state index contributed by atoms with van der Waals surface area (Å²) < 4.78 is 0. The summed E-state index contributed by atoms with van der Waals surface area (Å²) in [6.45, 7) is 9.18. The summed E-state index contributed by atoms with van der Waals surface area (Å²) in [7, 11) is 0.224. The molecule has 0 nitrogen and oxygen atoms in total. The third-order valence-corrected chi connectivity index (χ3v) is 16.8. The molecule has 0 atom stereocenters. The maximum atomic E-state index is 5.76. The first-order valence-electron chi connectivity index (χ1n) is 4.48. The smallest absolute Gasteiger partial charge is 0.0227 e. The van der Waals surface area contributed by atoms with Gasteiger partial charge in [0.25, 0.3) is 0 Å². The summed E-state index contributed by atoms with van der Waals surface area (Å²) in [5.74, 6) is 0. The Bertz CT molecular complexity index is 133. The summed E-state index contributed by atoms with van der Waals surface area (Å²) in [5, 5.41) is 0. The van der Waals surface area contributed by atoms with Crippen molar-refractivity contribution in [1.82, 2.24) is 0 Å². The molecule has 11 heavy (non-hydrogen) atoms. The molecule has 0 aromatic rings. The van der Waals surface area contributed by atoms with Gasteiger partial charge in [0, 0.05) is 0 Å². The number of hydrogen-bond acceptors (Lipinski definition) is 1. The molecule has 0 amide bonds. The van der Waals surface area contributed by atoms with E-state index in [2.05, 4.69) is 27.7 Å². The molecule has 0 aromatic heterocycles. The Morgan fingerprint density at radius 3 is 1.45 bits per heavy atom. The summed E-state index contributed by atoms with van der Waals surface area (Å²) in [6, 6.07) is 0. The molecule has 3 heteroatoms. The van der Waals surface area contributed by atoms with Gasteiger partial charge in [-0.1, -0.05) is 47.1 Å². The number of hydrogen-bond donors (Lipinski definition) is 0.